The van der Waals surface area contributed by atoms with E-state index in [4.69, 9.17) is 9.47 Å². The summed E-state index contributed by atoms with van der Waals surface area (Å²) < 4.78 is 10.7. The van der Waals surface area contributed by atoms with Crippen LogP contribution in [0.2, 0.25) is 0 Å². The lowest BCUT2D eigenvalue weighted by atomic mass is 9.96. The predicted molar refractivity (Wildman–Crippen MR) is 77.5 cm³/mol. The van der Waals surface area contributed by atoms with E-state index in [2.05, 4.69) is 24.1 Å². The minimum Gasteiger partial charge on any atom is -0.385 e. The molecule has 0 amide bonds. The average molecular weight is 270 g/mol. The first kappa shape index (κ1) is 15.2. The van der Waals surface area contributed by atoms with Crippen LogP contribution < -0.4 is 5.32 Å². The molecule has 0 aromatic heterocycles. The van der Waals surface area contributed by atoms with Crippen molar-refractivity contribution in [3.05, 3.63) is 0 Å². The van der Waals surface area contributed by atoms with E-state index in [1.165, 1.54) is 12.8 Å². The molecule has 2 aliphatic rings. The van der Waals surface area contributed by atoms with Crippen molar-refractivity contribution in [3.8, 4) is 0 Å². The quantitative estimate of drug-likeness (QED) is 0.678. The Kier molecular flexibility index (Phi) is 5.63. The Labute approximate surface area is 117 Å². The summed E-state index contributed by atoms with van der Waals surface area (Å²) in [5.41, 5.74) is 0.238. The van der Waals surface area contributed by atoms with E-state index in [0.717, 1.165) is 57.8 Å². The van der Waals surface area contributed by atoms with Crippen LogP contribution in [0.3, 0.4) is 0 Å². The van der Waals surface area contributed by atoms with Gasteiger partial charge in [0.25, 0.3) is 0 Å². The van der Waals surface area contributed by atoms with Crippen LogP contribution in [-0.2, 0) is 9.47 Å². The topological polar surface area (TPSA) is 33.7 Å². The molecule has 0 aromatic rings. The van der Waals surface area contributed by atoms with Gasteiger partial charge < -0.3 is 14.8 Å². The van der Waals surface area contributed by atoms with Crippen molar-refractivity contribution >= 4 is 0 Å². The number of rotatable bonds is 8. The van der Waals surface area contributed by atoms with Crippen LogP contribution in [-0.4, -0.2) is 63.0 Å². The SMILES string of the molecule is COCCCOCCN1CC(C)(C)NCC1C1CC1. The monoisotopic (exact) mass is 270 g/mol. The van der Waals surface area contributed by atoms with Crippen LogP contribution in [0.4, 0.5) is 0 Å². The fourth-order valence-electron chi connectivity index (χ4n) is 2.97. The molecule has 4 heteroatoms. The molecule has 0 radical (unpaired) electrons. The molecule has 4 nitrogen and oxygen atoms in total. The van der Waals surface area contributed by atoms with Gasteiger partial charge in [-0.15, -0.1) is 0 Å². The third kappa shape index (κ3) is 5.03. The number of hydrogen-bond donors (Lipinski definition) is 1. The summed E-state index contributed by atoms with van der Waals surface area (Å²) in [4.78, 5) is 2.64. The highest BCUT2D eigenvalue weighted by Gasteiger charge is 2.40. The fourth-order valence-corrected chi connectivity index (χ4v) is 2.97. The van der Waals surface area contributed by atoms with Gasteiger partial charge in [-0.3, -0.25) is 4.90 Å². The molecule has 1 unspecified atom stereocenters. The van der Waals surface area contributed by atoms with Crippen LogP contribution >= 0.6 is 0 Å². The van der Waals surface area contributed by atoms with Gasteiger partial charge in [-0.2, -0.15) is 0 Å². The normalized spacial score (nSPS) is 27.6. The molecule has 1 atom stereocenters. The molecule has 0 bridgehead atoms. The lowest BCUT2D eigenvalue weighted by Gasteiger charge is -2.45. The lowest BCUT2D eigenvalue weighted by Crippen LogP contribution is -2.62. The molecule has 1 aliphatic heterocycles. The Morgan fingerprint density at radius 1 is 1.21 bits per heavy atom. The molecule has 1 aliphatic carbocycles. The Morgan fingerprint density at radius 2 is 2.00 bits per heavy atom. The third-order valence-electron chi connectivity index (χ3n) is 4.18. The largest absolute Gasteiger partial charge is 0.385 e. The van der Waals surface area contributed by atoms with Gasteiger partial charge in [0.2, 0.25) is 0 Å². The van der Waals surface area contributed by atoms with E-state index in [9.17, 15) is 0 Å². The lowest BCUT2D eigenvalue weighted by molar-refractivity contribution is 0.0370. The third-order valence-corrected chi connectivity index (χ3v) is 4.18. The smallest absolute Gasteiger partial charge is 0.0593 e. The molecule has 1 saturated carbocycles. The molecule has 2 fully saturated rings. The number of ether oxygens (including phenoxy) is 2. The van der Waals surface area contributed by atoms with Gasteiger partial charge >= 0.3 is 0 Å². The molecule has 112 valence electrons. The number of nitrogens with one attached hydrogen (secondary N) is 1. The molecule has 0 aromatic carbocycles. The second kappa shape index (κ2) is 7.02. The summed E-state index contributed by atoms with van der Waals surface area (Å²) in [5.74, 6) is 0.928. The van der Waals surface area contributed by atoms with Crippen molar-refractivity contribution in [1.82, 2.24) is 10.2 Å². The predicted octanol–water partition coefficient (Wildman–Crippen LogP) is 1.50. The van der Waals surface area contributed by atoms with Gasteiger partial charge in [0, 0.05) is 51.5 Å². The van der Waals surface area contributed by atoms with Crippen molar-refractivity contribution in [1.29, 1.82) is 0 Å². The second-order valence-corrected chi connectivity index (χ2v) is 6.60. The first-order chi connectivity index (χ1) is 9.12. The van der Waals surface area contributed by atoms with E-state index in [1.807, 2.05) is 0 Å². The molecule has 1 N–H and O–H groups in total. The zero-order chi connectivity index (χ0) is 13.7. The zero-order valence-electron chi connectivity index (χ0n) is 12.8. The van der Waals surface area contributed by atoms with E-state index in [-0.39, 0.29) is 5.54 Å². The zero-order valence-corrected chi connectivity index (χ0v) is 12.8. The number of methoxy groups -OCH3 is 1. The van der Waals surface area contributed by atoms with Crippen molar-refractivity contribution in [2.24, 2.45) is 5.92 Å². The van der Waals surface area contributed by atoms with Crippen molar-refractivity contribution in [2.45, 2.75) is 44.7 Å². The maximum absolute atomic E-state index is 5.71. The Balaban J connectivity index is 1.68. The molecular weight excluding hydrogens is 240 g/mol. The van der Waals surface area contributed by atoms with Crippen molar-refractivity contribution < 1.29 is 9.47 Å². The molecule has 2 rings (SSSR count). The van der Waals surface area contributed by atoms with Crippen molar-refractivity contribution in [3.63, 3.8) is 0 Å². The molecular formula is C15H30N2O2. The van der Waals surface area contributed by atoms with Gasteiger partial charge in [-0.25, -0.2) is 0 Å². The Bertz CT molecular complexity index is 267. The van der Waals surface area contributed by atoms with E-state index < -0.39 is 0 Å². The van der Waals surface area contributed by atoms with Crippen LogP contribution in [0.1, 0.15) is 33.1 Å². The van der Waals surface area contributed by atoms with Crippen molar-refractivity contribution in [2.75, 3.05) is 46.6 Å². The van der Waals surface area contributed by atoms with Gasteiger partial charge in [0.05, 0.1) is 6.61 Å². The van der Waals surface area contributed by atoms with Crippen LogP contribution in [0.25, 0.3) is 0 Å². The molecule has 0 spiro atoms. The summed E-state index contributed by atoms with van der Waals surface area (Å²) in [6, 6.07) is 0.732. The Hall–Kier alpha value is -0.160. The van der Waals surface area contributed by atoms with Gasteiger partial charge in [-0.05, 0) is 39.0 Å². The molecule has 1 saturated heterocycles. The highest BCUT2D eigenvalue weighted by atomic mass is 16.5. The van der Waals surface area contributed by atoms with Gasteiger partial charge in [0.15, 0.2) is 0 Å². The highest BCUT2D eigenvalue weighted by Crippen LogP contribution is 2.37. The van der Waals surface area contributed by atoms with E-state index in [0.29, 0.717) is 0 Å². The maximum Gasteiger partial charge on any atom is 0.0593 e. The van der Waals surface area contributed by atoms with Gasteiger partial charge in [-0.1, -0.05) is 0 Å². The fraction of sp³-hybridized carbons (Fsp3) is 1.00. The van der Waals surface area contributed by atoms with Crippen LogP contribution in [0.15, 0.2) is 0 Å². The molecule has 19 heavy (non-hydrogen) atoms. The molecule has 1 heterocycles. The Morgan fingerprint density at radius 3 is 2.68 bits per heavy atom. The summed E-state index contributed by atoms with van der Waals surface area (Å²) in [5, 5.41) is 3.68. The highest BCUT2D eigenvalue weighted by molar-refractivity contribution is 4.98. The second-order valence-electron chi connectivity index (χ2n) is 6.60. The summed E-state index contributed by atoms with van der Waals surface area (Å²) in [6.45, 7) is 10.4. The summed E-state index contributed by atoms with van der Waals surface area (Å²) in [6.07, 6.45) is 3.82. The van der Waals surface area contributed by atoms with Crippen LogP contribution in [0.5, 0.6) is 0 Å². The number of piperazine rings is 1. The maximum atomic E-state index is 5.71. The number of hydrogen-bond acceptors (Lipinski definition) is 4. The standard InChI is InChI=1S/C15H30N2O2/c1-15(2)12-17(7-10-19-9-4-8-18-3)14(11-16-15)13-5-6-13/h13-14,16H,4-12H2,1-3H3. The minimum absolute atomic E-state index is 0.238. The summed E-state index contributed by atoms with van der Waals surface area (Å²) in [7, 11) is 1.74. The van der Waals surface area contributed by atoms with Crippen LogP contribution in [0, 0.1) is 5.92 Å². The average Bonchev–Trinajstić information content (AvgIpc) is 3.17. The first-order valence-electron chi connectivity index (χ1n) is 7.68. The van der Waals surface area contributed by atoms with Gasteiger partial charge in [0.1, 0.15) is 0 Å². The summed E-state index contributed by atoms with van der Waals surface area (Å²) >= 11 is 0. The minimum atomic E-state index is 0.238. The van der Waals surface area contributed by atoms with E-state index in [1.54, 1.807) is 7.11 Å². The van der Waals surface area contributed by atoms with E-state index >= 15 is 0 Å². The first-order valence-corrected chi connectivity index (χ1v) is 7.68. The number of nitrogens with zero attached hydrogens (tertiary/aromatic N) is 1.